The summed E-state index contributed by atoms with van der Waals surface area (Å²) in [7, 11) is 0. The lowest BCUT2D eigenvalue weighted by atomic mass is 10.3. The van der Waals surface area contributed by atoms with E-state index in [-0.39, 0.29) is 5.91 Å². The fourth-order valence-corrected chi connectivity index (χ4v) is 1.59. The Bertz CT molecular complexity index is 187. The third kappa shape index (κ3) is 4.42. The fourth-order valence-electron chi connectivity index (χ4n) is 1.36. The van der Waals surface area contributed by atoms with Gasteiger partial charge in [0.15, 0.2) is 0 Å². The molecule has 1 aliphatic rings. The summed E-state index contributed by atoms with van der Waals surface area (Å²) in [6.45, 7) is 4.33. The number of amides is 1. The van der Waals surface area contributed by atoms with Crippen LogP contribution >= 0.6 is 15.9 Å². The van der Waals surface area contributed by atoms with Gasteiger partial charge in [0.05, 0.1) is 6.61 Å². The minimum atomic E-state index is 0.220. The molecule has 1 N–H and O–H groups in total. The first-order valence-electron chi connectivity index (χ1n) is 5.17. The van der Waals surface area contributed by atoms with Crippen LogP contribution in [0.2, 0.25) is 0 Å². The highest BCUT2D eigenvalue weighted by atomic mass is 79.9. The van der Waals surface area contributed by atoms with Crippen LogP contribution in [0.1, 0.15) is 19.8 Å². The lowest BCUT2D eigenvalue weighted by molar-refractivity contribution is -0.122. The Hall–Kier alpha value is -0.0900. The summed E-state index contributed by atoms with van der Waals surface area (Å²) in [5.74, 6) is 1.11. The molecular weight excluding hydrogens is 246 g/mol. The van der Waals surface area contributed by atoms with Crippen LogP contribution < -0.4 is 5.32 Å². The highest BCUT2D eigenvalue weighted by Gasteiger charge is 2.38. The van der Waals surface area contributed by atoms with Crippen LogP contribution in [-0.4, -0.2) is 31.0 Å². The largest absolute Gasteiger partial charge is 0.381 e. The number of carbonyl (C=O) groups is 1. The number of rotatable bonds is 7. The van der Waals surface area contributed by atoms with E-state index in [1.54, 1.807) is 0 Å². The summed E-state index contributed by atoms with van der Waals surface area (Å²) in [6, 6.07) is 0. The lowest BCUT2D eigenvalue weighted by Gasteiger charge is -2.04. The third-order valence-corrected chi connectivity index (χ3v) is 2.76. The van der Waals surface area contributed by atoms with Gasteiger partial charge in [0.25, 0.3) is 0 Å². The molecule has 1 saturated carbocycles. The van der Waals surface area contributed by atoms with Crippen molar-refractivity contribution >= 4 is 21.8 Å². The van der Waals surface area contributed by atoms with Crippen molar-refractivity contribution in [3.05, 3.63) is 0 Å². The molecule has 0 heterocycles. The van der Waals surface area contributed by atoms with Crippen LogP contribution in [0.15, 0.2) is 0 Å². The average Bonchev–Trinajstić information content (AvgIpc) is 2.88. The van der Waals surface area contributed by atoms with E-state index in [2.05, 4.69) is 28.2 Å². The average molecular weight is 264 g/mol. The van der Waals surface area contributed by atoms with Gasteiger partial charge in [-0.15, -0.1) is 0 Å². The van der Waals surface area contributed by atoms with E-state index in [9.17, 15) is 4.79 Å². The van der Waals surface area contributed by atoms with Gasteiger partial charge in [-0.05, 0) is 18.8 Å². The SMILES string of the molecule is CC1CC1C(=O)NCCCOCCBr. The number of hydrogen-bond acceptors (Lipinski definition) is 2. The molecule has 2 atom stereocenters. The Balaban J connectivity index is 1.86. The molecule has 2 unspecified atom stereocenters. The maximum absolute atomic E-state index is 11.3. The maximum atomic E-state index is 11.3. The molecule has 82 valence electrons. The predicted octanol–water partition coefficient (Wildman–Crippen LogP) is 1.56. The van der Waals surface area contributed by atoms with Crippen molar-refractivity contribution in [1.82, 2.24) is 5.32 Å². The minimum absolute atomic E-state index is 0.220. The molecular formula is C10H18BrNO2. The molecule has 0 radical (unpaired) electrons. The zero-order valence-electron chi connectivity index (χ0n) is 8.59. The summed E-state index contributed by atoms with van der Waals surface area (Å²) in [5.41, 5.74) is 0. The minimum Gasteiger partial charge on any atom is -0.381 e. The molecule has 0 aromatic heterocycles. The van der Waals surface area contributed by atoms with Crippen LogP contribution in [0.4, 0.5) is 0 Å². The molecule has 1 amide bonds. The van der Waals surface area contributed by atoms with Gasteiger partial charge in [-0.1, -0.05) is 22.9 Å². The van der Waals surface area contributed by atoms with Gasteiger partial charge in [-0.25, -0.2) is 0 Å². The number of nitrogens with one attached hydrogen (secondary N) is 1. The normalized spacial score (nSPS) is 24.7. The molecule has 0 aromatic rings. The molecule has 1 aliphatic carbocycles. The number of halogens is 1. The molecule has 14 heavy (non-hydrogen) atoms. The standard InChI is InChI=1S/C10H18BrNO2/c1-8-7-9(8)10(13)12-4-2-5-14-6-3-11/h8-9H,2-7H2,1H3,(H,12,13). The van der Waals surface area contributed by atoms with E-state index in [1.165, 1.54) is 0 Å². The van der Waals surface area contributed by atoms with E-state index < -0.39 is 0 Å². The summed E-state index contributed by atoms with van der Waals surface area (Å²) >= 11 is 3.28. The molecule has 3 nitrogen and oxygen atoms in total. The highest BCUT2D eigenvalue weighted by Crippen LogP contribution is 2.37. The van der Waals surface area contributed by atoms with E-state index in [0.717, 1.165) is 37.9 Å². The summed E-state index contributed by atoms with van der Waals surface area (Å²) < 4.78 is 5.26. The molecule has 0 saturated heterocycles. The van der Waals surface area contributed by atoms with Gasteiger partial charge < -0.3 is 10.1 Å². The second kappa shape index (κ2) is 6.40. The first-order chi connectivity index (χ1) is 6.75. The zero-order chi connectivity index (χ0) is 10.4. The van der Waals surface area contributed by atoms with Crippen molar-refractivity contribution in [2.75, 3.05) is 25.1 Å². The van der Waals surface area contributed by atoms with Crippen LogP contribution in [0, 0.1) is 11.8 Å². The fraction of sp³-hybridized carbons (Fsp3) is 0.900. The summed E-state index contributed by atoms with van der Waals surface area (Å²) in [6.07, 6.45) is 1.96. The number of ether oxygens (including phenoxy) is 1. The van der Waals surface area contributed by atoms with Gasteiger partial charge in [0, 0.05) is 24.4 Å². The second-order valence-electron chi connectivity index (χ2n) is 3.77. The Morgan fingerprint density at radius 1 is 1.57 bits per heavy atom. The summed E-state index contributed by atoms with van der Waals surface area (Å²) in [5, 5.41) is 3.80. The van der Waals surface area contributed by atoms with E-state index in [0.29, 0.717) is 11.8 Å². The Morgan fingerprint density at radius 3 is 2.86 bits per heavy atom. The van der Waals surface area contributed by atoms with Gasteiger partial charge in [-0.3, -0.25) is 4.79 Å². The number of carbonyl (C=O) groups excluding carboxylic acids is 1. The topological polar surface area (TPSA) is 38.3 Å². The van der Waals surface area contributed by atoms with Gasteiger partial charge in [-0.2, -0.15) is 0 Å². The quantitative estimate of drug-likeness (QED) is 0.560. The molecule has 0 spiro atoms. The Morgan fingerprint density at radius 2 is 2.29 bits per heavy atom. The van der Waals surface area contributed by atoms with Crippen molar-refractivity contribution in [1.29, 1.82) is 0 Å². The van der Waals surface area contributed by atoms with Crippen LogP contribution in [-0.2, 0) is 9.53 Å². The van der Waals surface area contributed by atoms with Crippen molar-refractivity contribution in [2.24, 2.45) is 11.8 Å². The third-order valence-electron chi connectivity index (χ3n) is 2.43. The maximum Gasteiger partial charge on any atom is 0.223 e. The van der Waals surface area contributed by atoms with E-state index >= 15 is 0 Å². The molecule has 1 fully saturated rings. The molecule has 0 aromatic carbocycles. The lowest BCUT2D eigenvalue weighted by Crippen LogP contribution is -2.27. The zero-order valence-corrected chi connectivity index (χ0v) is 10.2. The van der Waals surface area contributed by atoms with Crippen molar-refractivity contribution in [3.63, 3.8) is 0 Å². The number of hydrogen-bond donors (Lipinski definition) is 1. The highest BCUT2D eigenvalue weighted by molar-refractivity contribution is 9.09. The van der Waals surface area contributed by atoms with E-state index in [4.69, 9.17) is 4.74 Å². The predicted molar refractivity (Wildman–Crippen MR) is 59.5 cm³/mol. The van der Waals surface area contributed by atoms with Crippen molar-refractivity contribution in [3.8, 4) is 0 Å². The van der Waals surface area contributed by atoms with Crippen LogP contribution in [0.5, 0.6) is 0 Å². The number of alkyl halides is 1. The molecule has 0 aliphatic heterocycles. The first kappa shape index (κ1) is 12.0. The van der Waals surface area contributed by atoms with Gasteiger partial charge in [0.2, 0.25) is 5.91 Å². The molecule has 1 rings (SSSR count). The first-order valence-corrected chi connectivity index (χ1v) is 6.29. The van der Waals surface area contributed by atoms with Crippen molar-refractivity contribution in [2.45, 2.75) is 19.8 Å². The summed E-state index contributed by atoms with van der Waals surface area (Å²) in [4.78, 5) is 11.3. The Labute approximate surface area is 93.7 Å². The smallest absolute Gasteiger partial charge is 0.223 e. The van der Waals surface area contributed by atoms with Gasteiger partial charge in [0.1, 0.15) is 0 Å². The second-order valence-corrected chi connectivity index (χ2v) is 4.56. The molecule has 0 bridgehead atoms. The van der Waals surface area contributed by atoms with E-state index in [1.807, 2.05) is 0 Å². The monoisotopic (exact) mass is 263 g/mol. The van der Waals surface area contributed by atoms with Gasteiger partial charge >= 0.3 is 0 Å². The van der Waals surface area contributed by atoms with Crippen LogP contribution in [0.3, 0.4) is 0 Å². The van der Waals surface area contributed by atoms with Crippen LogP contribution in [0.25, 0.3) is 0 Å². The molecule has 4 heteroatoms. The Kier molecular flexibility index (Phi) is 5.48. The van der Waals surface area contributed by atoms with Crippen molar-refractivity contribution < 1.29 is 9.53 Å².